The van der Waals surface area contributed by atoms with Crippen LogP contribution in [-0.4, -0.2) is 23.0 Å². The molecule has 1 atom stereocenters. The summed E-state index contributed by atoms with van der Waals surface area (Å²) in [5, 5.41) is 4.60. The molecule has 0 aliphatic carbocycles. The van der Waals surface area contributed by atoms with E-state index in [0.717, 1.165) is 41.2 Å². The van der Waals surface area contributed by atoms with Crippen LogP contribution in [0.2, 0.25) is 0 Å². The number of ether oxygens (including phenoxy) is 1. The monoisotopic (exact) mass is 307 g/mol. The van der Waals surface area contributed by atoms with Gasteiger partial charge in [-0.05, 0) is 34.5 Å². The number of benzene rings is 1. The lowest BCUT2D eigenvalue weighted by Gasteiger charge is -2.05. The number of nitrogens with zero attached hydrogens (tertiary/aromatic N) is 2. The summed E-state index contributed by atoms with van der Waals surface area (Å²) in [4.78, 5) is 0. The summed E-state index contributed by atoms with van der Waals surface area (Å²) in [6.45, 7) is 1.52. The van der Waals surface area contributed by atoms with E-state index >= 15 is 0 Å². The van der Waals surface area contributed by atoms with Crippen molar-refractivity contribution in [1.82, 2.24) is 9.78 Å². The predicted octanol–water partition coefficient (Wildman–Crippen LogP) is 2.72. The summed E-state index contributed by atoms with van der Waals surface area (Å²) < 4.78 is 8.22. The quantitative estimate of drug-likeness (QED) is 0.928. The summed E-state index contributed by atoms with van der Waals surface area (Å²) in [6.07, 6.45) is 2.87. The standard InChI is InChI=1S/C13H14BrN3O/c14-10-3-1-2-4-12(10)17-7-11(15)13(16-17)9-5-6-18-8-9/h1-4,7,9H,5-6,8,15H2. The molecule has 0 saturated carbocycles. The summed E-state index contributed by atoms with van der Waals surface area (Å²) in [7, 11) is 0. The molecule has 0 bridgehead atoms. The van der Waals surface area contributed by atoms with Gasteiger partial charge in [0.2, 0.25) is 0 Å². The molecule has 1 unspecified atom stereocenters. The first kappa shape index (κ1) is 11.7. The van der Waals surface area contributed by atoms with Gasteiger partial charge < -0.3 is 10.5 Å². The molecule has 4 nitrogen and oxygen atoms in total. The van der Waals surface area contributed by atoms with Crippen LogP contribution in [-0.2, 0) is 4.74 Å². The highest BCUT2D eigenvalue weighted by Gasteiger charge is 2.23. The highest BCUT2D eigenvalue weighted by atomic mass is 79.9. The Hall–Kier alpha value is -1.33. The minimum Gasteiger partial charge on any atom is -0.396 e. The van der Waals surface area contributed by atoms with E-state index in [1.807, 2.05) is 35.1 Å². The zero-order valence-electron chi connectivity index (χ0n) is 9.84. The maximum absolute atomic E-state index is 6.05. The van der Waals surface area contributed by atoms with Crippen LogP contribution in [0.4, 0.5) is 5.69 Å². The first-order chi connectivity index (χ1) is 8.75. The summed E-state index contributed by atoms with van der Waals surface area (Å²) in [5.41, 5.74) is 8.73. The van der Waals surface area contributed by atoms with Crippen molar-refractivity contribution in [2.24, 2.45) is 0 Å². The number of hydrogen-bond donors (Lipinski definition) is 1. The number of aromatic nitrogens is 2. The van der Waals surface area contributed by atoms with Gasteiger partial charge in [0.25, 0.3) is 0 Å². The minimum absolute atomic E-state index is 0.328. The maximum atomic E-state index is 6.05. The van der Waals surface area contributed by atoms with E-state index in [1.54, 1.807) is 0 Å². The molecule has 0 amide bonds. The second-order valence-corrected chi connectivity index (χ2v) is 5.28. The molecule has 94 valence electrons. The molecule has 1 fully saturated rings. The highest BCUT2D eigenvalue weighted by Crippen LogP contribution is 2.30. The predicted molar refractivity (Wildman–Crippen MR) is 73.9 cm³/mol. The van der Waals surface area contributed by atoms with Gasteiger partial charge in [-0.1, -0.05) is 12.1 Å². The third-order valence-corrected chi connectivity index (χ3v) is 3.86. The molecule has 2 aromatic rings. The van der Waals surface area contributed by atoms with Gasteiger partial charge in [0.15, 0.2) is 0 Å². The van der Waals surface area contributed by atoms with Crippen molar-refractivity contribution in [3.05, 3.63) is 40.6 Å². The van der Waals surface area contributed by atoms with Crippen LogP contribution in [0.15, 0.2) is 34.9 Å². The SMILES string of the molecule is Nc1cn(-c2ccccc2Br)nc1C1CCOC1. The number of halogens is 1. The van der Waals surface area contributed by atoms with Gasteiger partial charge in [-0.3, -0.25) is 0 Å². The Bertz CT molecular complexity index is 561. The fourth-order valence-electron chi connectivity index (χ4n) is 2.23. The van der Waals surface area contributed by atoms with Gasteiger partial charge in [-0.15, -0.1) is 0 Å². The van der Waals surface area contributed by atoms with Gasteiger partial charge in [0.1, 0.15) is 0 Å². The van der Waals surface area contributed by atoms with Crippen molar-refractivity contribution in [1.29, 1.82) is 0 Å². The third kappa shape index (κ3) is 2.04. The molecule has 18 heavy (non-hydrogen) atoms. The van der Waals surface area contributed by atoms with E-state index in [-0.39, 0.29) is 0 Å². The number of para-hydroxylation sites is 1. The molecule has 3 rings (SSSR count). The van der Waals surface area contributed by atoms with Crippen LogP contribution < -0.4 is 5.73 Å². The van der Waals surface area contributed by atoms with E-state index in [2.05, 4.69) is 21.0 Å². The molecule has 5 heteroatoms. The van der Waals surface area contributed by atoms with Crippen LogP contribution in [0, 0.1) is 0 Å². The third-order valence-electron chi connectivity index (χ3n) is 3.19. The lowest BCUT2D eigenvalue weighted by molar-refractivity contribution is 0.193. The van der Waals surface area contributed by atoms with Crippen molar-refractivity contribution in [2.45, 2.75) is 12.3 Å². The Labute approximate surface area is 114 Å². The zero-order chi connectivity index (χ0) is 12.5. The lowest BCUT2D eigenvalue weighted by Crippen LogP contribution is -2.03. The van der Waals surface area contributed by atoms with Crippen molar-refractivity contribution < 1.29 is 4.74 Å². The molecule has 2 heterocycles. The Balaban J connectivity index is 1.99. The minimum atomic E-state index is 0.328. The second-order valence-electron chi connectivity index (χ2n) is 4.43. The lowest BCUT2D eigenvalue weighted by atomic mass is 10.0. The van der Waals surface area contributed by atoms with Gasteiger partial charge in [0, 0.05) is 17.0 Å². The Morgan fingerprint density at radius 2 is 2.22 bits per heavy atom. The molecule has 1 aromatic heterocycles. The van der Waals surface area contributed by atoms with Gasteiger partial charge in [0.05, 0.1) is 29.9 Å². The Morgan fingerprint density at radius 3 is 2.94 bits per heavy atom. The van der Waals surface area contributed by atoms with E-state index in [0.29, 0.717) is 5.92 Å². The first-order valence-electron chi connectivity index (χ1n) is 5.93. The van der Waals surface area contributed by atoms with Gasteiger partial charge in [-0.25, -0.2) is 4.68 Å². The molecule has 1 saturated heterocycles. The van der Waals surface area contributed by atoms with Crippen LogP contribution in [0.1, 0.15) is 18.0 Å². The topological polar surface area (TPSA) is 53.1 Å². The molecule has 1 aliphatic heterocycles. The Kier molecular flexibility index (Phi) is 3.09. The van der Waals surface area contributed by atoms with Crippen LogP contribution >= 0.6 is 15.9 Å². The summed E-state index contributed by atoms with van der Waals surface area (Å²) in [6, 6.07) is 7.96. The molecule has 1 aliphatic rings. The van der Waals surface area contributed by atoms with Crippen LogP contribution in [0.25, 0.3) is 5.69 Å². The molecular formula is C13H14BrN3O. The molecule has 1 aromatic carbocycles. The summed E-state index contributed by atoms with van der Waals surface area (Å²) >= 11 is 3.52. The highest BCUT2D eigenvalue weighted by molar-refractivity contribution is 9.10. The molecule has 0 spiro atoms. The zero-order valence-corrected chi connectivity index (χ0v) is 11.4. The van der Waals surface area contributed by atoms with E-state index in [1.165, 1.54) is 0 Å². The maximum Gasteiger partial charge on any atom is 0.0912 e. The molecule has 0 radical (unpaired) electrons. The average molecular weight is 308 g/mol. The van der Waals surface area contributed by atoms with Crippen LogP contribution in [0.5, 0.6) is 0 Å². The average Bonchev–Trinajstić information content (AvgIpc) is 2.98. The number of rotatable bonds is 2. The Morgan fingerprint density at radius 1 is 1.39 bits per heavy atom. The molecule has 2 N–H and O–H groups in total. The summed E-state index contributed by atoms with van der Waals surface area (Å²) in [5.74, 6) is 0.328. The fraction of sp³-hybridized carbons (Fsp3) is 0.308. The molecular weight excluding hydrogens is 294 g/mol. The second kappa shape index (κ2) is 4.74. The normalized spacial score (nSPS) is 19.3. The van der Waals surface area contributed by atoms with E-state index < -0.39 is 0 Å². The van der Waals surface area contributed by atoms with Gasteiger partial charge >= 0.3 is 0 Å². The van der Waals surface area contributed by atoms with Crippen LogP contribution in [0.3, 0.4) is 0 Å². The number of nitrogen functional groups attached to an aromatic ring is 1. The number of hydrogen-bond acceptors (Lipinski definition) is 3. The van der Waals surface area contributed by atoms with Crippen molar-refractivity contribution in [3.63, 3.8) is 0 Å². The van der Waals surface area contributed by atoms with Gasteiger partial charge in [-0.2, -0.15) is 5.10 Å². The fourth-order valence-corrected chi connectivity index (χ4v) is 2.70. The van der Waals surface area contributed by atoms with Crippen molar-refractivity contribution >= 4 is 21.6 Å². The smallest absolute Gasteiger partial charge is 0.0912 e. The van der Waals surface area contributed by atoms with E-state index in [4.69, 9.17) is 10.5 Å². The largest absolute Gasteiger partial charge is 0.396 e. The first-order valence-corrected chi connectivity index (χ1v) is 6.72. The number of nitrogens with two attached hydrogens (primary N) is 1. The van der Waals surface area contributed by atoms with Crippen molar-refractivity contribution in [3.8, 4) is 5.69 Å². The van der Waals surface area contributed by atoms with Crippen molar-refractivity contribution in [2.75, 3.05) is 18.9 Å². The van der Waals surface area contributed by atoms with E-state index in [9.17, 15) is 0 Å². The number of anilines is 1.